The highest BCUT2D eigenvalue weighted by atomic mass is 79.9. The molecule has 1 aliphatic heterocycles. The highest BCUT2D eigenvalue weighted by Gasteiger charge is 2.06. The van der Waals surface area contributed by atoms with E-state index in [0.29, 0.717) is 0 Å². The fraction of sp³-hybridized carbons (Fsp3) is 1.00. The summed E-state index contributed by atoms with van der Waals surface area (Å²) in [7, 11) is 2.14. The average Bonchev–Trinajstić information content (AvgIpc) is 1.86. The molecule has 3 heteroatoms. The number of quaternary nitrogens is 1. The van der Waals surface area contributed by atoms with Crippen LogP contribution in [0, 0.1) is 0 Å². The molecular weight excluding hydrogens is 156 g/mol. The molecular formula is C4H11BrN2. The standard InChI is InChI=1S/C4H10N2.BrH/c1-6-3-2-5-4-6;/h5H,2-4H2,1H3;1H. The number of nitrogens with zero attached hydrogens (tertiary/aromatic N) is 1. The van der Waals surface area contributed by atoms with E-state index in [-0.39, 0.29) is 17.0 Å². The summed E-state index contributed by atoms with van der Waals surface area (Å²) < 4.78 is 0. The fourth-order valence-electron chi connectivity index (χ4n) is 0.715. The van der Waals surface area contributed by atoms with Gasteiger partial charge in [0.2, 0.25) is 0 Å². The van der Waals surface area contributed by atoms with E-state index in [2.05, 4.69) is 17.3 Å². The van der Waals surface area contributed by atoms with E-state index < -0.39 is 0 Å². The SMILES string of the molecule is CN1CC[NH2+]C1.[Br-]. The van der Waals surface area contributed by atoms with Crippen LogP contribution in [-0.2, 0) is 0 Å². The molecule has 44 valence electrons. The van der Waals surface area contributed by atoms with Crippen LogP contribution >= 0.6 is 0 Å². The fourth-order valence-corrected chi connectivity index (χ4v) is 0.715. The highest BCUT2D eigenvalue weighted by Crippen LogP contribution is 1.74. The van der Waals surface area contributed by atoms with Gasteiger partial charge in [-0.25, -0.2) is 0 Å². The summed E-state index contributed by atoms with van der Waals surface area (Å²) in [6.45, 7) is 3.75. The van der Waals surface area contributed by atoms with Crippen LogP contribution in [0.1, 0.15) is 0 Å². The Morgan fingerprint density at radius 3 is 2.43 bits per heavy atom. The number of likely N-dealkylation sites (N-methyl/N-ethyl adjacent to an activating group) is 1. The van der Waals surface area contributed by atoms with Gasteiger partial charge in [0.1, 0.15) is 6.67 Å². The highest BCUT2D eigenvalue weighted by molar-refractivity contribution is 4.43. The lowest BCUT2D eigenvalue weighted by Crippen LogP contribution is -3.00. The van der Waals surface area contributed by atoms with Crippen molar-refractivity contribution in [2.75, 3.05) is 26.8 Å². The molecule has 0 bridgehead atoms. The molecule has 0 saturated carbocycles. The Kier molecular flexibility index (Phi) is 3.60. The van der Waals surface area contributed by atoms with E-state index in [1.165, 1.54) is 19.8 Å². The maximum absolute atomic E-state index is 2.31. The third-order valence-corrected chi connectivity index (χ3v) is 1.16. The van der Waals surface area contributed by atoms with Gasteiger partial charge in [-0.2, -0.15) is 0 Å². The zero-order valence-electron chi connectivity index (χ0n) is 4.52. The predicted molar refractivity (Wildman–Crippen MR) is 24.3 cm³/mol. The van der Waals surface area contributed by atoms with Gasteiger partial charge in [-0.05, 0) is 7.05 Å². The van der Waals surface area contributed by atoms with Crippen LogP contribution < -0.4 is 22.3 Å². The van der Waals surface area contributed by atoms with E-state index in [9.17, 15) is 0 Å². The minimum Gasteiger partial charge on any atom is -1.00 e. The van der Waals surface area contributed by atoms with E-state index in [1.807, 2.05) is 0 Å². The molecule has 0 atom stereocenters. The monoisotopic (exact) mass is 166 g/mol. The van der Waals surface area contributed by atoms with Crippen molar-refractivity contribution in [1.82, 2.24) is 4.90 Å². The molecule has 0 aromatic heterocycles. The summed E-state index contributed by atoms with van der Waals surface area (Å²) in [5.74, 6) is 0. The Balaban J connectivity index is 0.000000360. The number of hydrogen-bond acceptors (Lipinski definition) is 1. The molecule has 0 aliphatic carbocycles. The van der Waals surface area contributed by atoms with Crippen LogP contribution in [0.25, 0.3) is 0 Å². The molecule has 1 saturated heterocycles. The minimum absolute atomic E-state index is 0. The van der Waals surface area contributed by atoms with Gasteiger partial charge >= 0.3 is 0 Å². The van der Waals surface area contributed by atoms with E-state index in [0.717, 1.165) is 0 Å². The number of rotatable bonds is 0. The smallest absolute Gasteiger partial charge is 0.131 e. The minimum atomic E-state index is 0. The van der Waals surface area contributed by atoms with Gasteiger partial charge in [-0.1, -0.05) is 0 Å². The Morgan fingerprint density at radius 2 is 2.29 bits per heavy atom. The average molecular weight is 167 g/mol. The first-order valence-electron chi connectivity index (χ1n) is 2.40. The molecule has 0 radical (unpaired) electrons. The van der Waals surface area contributed by atoms with Crippen LogP contribution in [0.5, 0.6) is 0 Å². The van der Waals surface area contributed by atoms with Gasteiger partial charge in [0, 0.05) is 0 Å². The first-order chi connectivity index (χ1) is 2.89. The normalized spacial score (nSPS) is 21.9. The van der Waals surface area contributed by atoms with Crippen LogP contribution in [0.2, 0.25) is 0 Å². The predicted octanol–water partition coefficient (Wildman–Crippen LogP) is -4.54. The third-order valence-electron chi connectivity index (χ3n) is 1.16. The van der Waals surface area contributed by atoms with Crippen molar-refractivity contribution in [1.29, 1.82) is 0 Å². The second kappa shape index (κ2) is 3.41. The molecule has 1 aliphatic rings. The molecule has 2 N–H and O–H groups in total. The molecule has 1 rings (SSSR count). The van der Waals surface area contributed by atoms with Crippen LogP contribution in [0.4, 0.5) is 0 Å². The summed E-state index contributed by atoms with van der Waals surface area (Å²) in [6, 6.07) is 0. The van der Waals surface area contributed by atoms with Gasteiger partial charge in [0.15, 0.2) is 0 Å². The topological polar surface area (TPSA) is 19.9 Å². The third kappa shape index (κ3) is 2.26. The van der Waals surface area contributed by atoms with Crippen molar-refractivity contribution in [3.63, 3.8) is 0 Å². The first kappa shape index (κ1) is 7.40. The van der Waals surface area contributed by atoms with Crippen LogP contribution in [0.15, 0.2) is 0 Å². The summed E-state index contributed by atoms with van der Waals surface area (Å²) in [5.41, 5.74) is 0. The van der Waals surface area contributed by atoms with E-state index >= 15 is 0 Å². The van der Waals surface area contributed by atoms with Crippen molar-refractivity contribution >= 4 is 0 Å². The van der Waals surface area contributed by atoms with Crippen molar-refractivity contribution in [2.24, 2.45) is 0 Å². The lowest BCUT2D eigenvalue weighted by atomic mass is 10.7. The van der Waals surface area contributed by atoms with Crippen LogP contribution in [-0.4, -0.2) is 31.7 Å². The number of nitrogens with two attached hydrogens (primary N) is 1. The zero-order valence-corrected chi connectivity index (χ0v) is 6.11. The Labute approximate surface area is 54.7 Å². The lowest BCUT2D eigenvalue weighted by Gasteiger charge is -1.95. The van der Waals surface area contributed by atoms with E-state index in [1.54, 1.807) is 0 Å². The van der Waals surface area contributed by atoms with Crippen molar-refractivity contribution in [3.05, 3.63) is 0 Å². The van der Waals surface area contributed by atoms with Crippen LogP contribution in [0.3, 0.4) is 0 Å². The quantitative estimate of drug-likeness (QED) is 0.385. The van der Waals surface area contributed by atoms with Crippen molar-refractivity contribution < 1.29 is 22.3 Å². The Hall–Kier alpha value is 0.400. The molecule has 0 aromatic rings. The van der Waals surface area contributed by atoms with Crippen molar-refractivity contribution in [2.45, 2.75) is 0 Å². The molecule has 1 heterocycles. The molecule has 1 fully saturated rings. The Bertz CT molecular complexity index is 43.0. The van der Waals surface area contributed by atoms with Gasteiger partial charge in [0.05, 0.1) is 13.1 Å². The second-order valence-electron chi connectivity index (χ2n) is 1.84. The largest absolute Gasteiger partial charge is 1.00 e. The van der Waals surface area contributed by atoms with Gasteiger partial charge in [-0.15, -0.1) is 0 Å². The maximum Gasteiger partial charge on any atom is 0.131 e. The van der Waals surface area contributed by atoms with Gasteiger partial charge in [0.25, 0.3) is 0 Å². The maximum atomic E-state index is 2.31. The van der Waals surface area contributed by atoms with Gasteiger partial charge < -0.3 is 22.3 Å². The Morgan fingerprint density at radius 1 is 1.57 bits per heavy atom. The lowest BCUT2D eigenvalue weighted by molar-refractivity contribution is -0.642. The van der Waals surface area contributed by atoms with E-state index in [4.69, 9.17) is 0 Å². The summed E-state index contributed by atoms with van der Waals surface area (Å²) in [6.07, 6.45) is 0. The molecule has 0 aromatic carbocycles. The summed E-state index contributed by atoms with van der Waals surface area (Å²) in [5, 5.41) is 2.31. The number of hydrogen-bond donors (Lipinski definition) is 1. The molecule has 0 unspecified atom stereocenters. The molecule has 2 nitrogen and oxygen atoms in total. The molecule has 0 spiro atoms. The summed E-state index contributed by atoms with van der Waals surface area (Å²) >= 11 is 0. The van der Waals surface area contributed by atoms with Gasteiger partial charge in [-0.3, -0.25) is 4.90 Å². The summed E-state index contributed by atoms with van der Waals surface area (Å²) in [4.78, 5) is 2.31. The first-order valence-corrected chi connectivity index (χ1v) is 2.40. The van der Waals surface area contributed by atoms with Crippen molar-refractivity contribution in [3.8, 4) is 0 Å². The zero-order chi connectivity index (χ0) is 4.41. The number of halogens is 1. The molecule has 0 amide bonds. The molecule has 7 heavy (non-hydrogen) atoms. The second-order valence-corrected chi connectivity index (χ2v) is 1.84.